The zero-order chi connectivity index (χ0) is 22.1. The quantitative estimate of drug-likeness (QED) is 0.437. The van der Waals surface area contributed by atoms with Crippen molar-refractivity contribution in [2.45, 2.75) is 33.1 Å². The van der Waals surface area contributed by atoms with Crippen molar-refractivity contribution in [2.24, 2.45) is 0 Å². The second-order valence-electron chi connectivity index (χ2n) is 4.52. The van der Waals surface area contributed by atoms with Crippen LogP contribution in [0.3, 0.4) is 0 Å². The van der Waals surface area contributed by atoms with Crippen molar-refractivity contribution in [1.29, 1.82) is 0 Å². The van der Waals surface area contributed by atoms with Gasteiger partial charge in [-0.1, -0.05) is 25.1 Å². The molecule has 0 N–H and O–H groups in total. The van der Waals surface area contributed by atoms with E-state index in [0.29, 0.717) is 11.1 Å². The van der Waals surface area contributed by atoms with E-state index in [1.807, 2.05) is 0 Å². The summed E-state index contributed by atoms with van der Waals surface area (Å²) < 4.78 is 85.8. The van der Waals surface area contributed by atoms with E-state index in [1.54, 1.807) is 13.0 Å². The summed E-state index contributed by atoms with van der Waals surface area (Å²) in [5.41, 5.74) is 0.513. The van der Waals surface area contributed by atoms with Gasteiger partial charge in [0, 0.05) is 11.2 Å². The standard InChI is InChI=1S/C15H23NO5S.Na/c1-5-13-8-6-7-11(2)15(13)16(12(3)9-21-4)14(17)10-22(18,19)20;/h6-8,12H,5,9-10H2,1-4H3,(H,18,19,20);/q;+1/p-1/i3D3,9D2,12D;. The number of carbonyl (C=O) groups excluding carboxylic acids is 1. The first-order valence-electron chi connectivity index (χ1n) is 9.43. The Bertz CT molecular complexity index is 848. The third-order valence-corrected chi connectivity index (χ3v) is 3.50. The predicted octanol–water partition coefficient (Wildman–Crippen LogP) is -1.53. The molecule has 1 aromatic carbocycles. The second-order valence-corrected chi connectivity index (χ2v) is 5.93. The van der Waals surface area contributed by atoms with Crippen LogP contribution in [-0.2, 0) is 26.1 Å². The number of nitrogens with zero attached hydrogens (tertiary/aromatic N) is 1. The van der Waals surface area contributed by atoms with Crippen molar-refractivity contribution in [3.63, 3.8) is 0 Å². The molecule has 0 fully saturated rings. The monoisotopic (exact) mass is 357 g/mol. The van der Waals surface area contributed by atoms with Gasteiger partial charge in [-0.2, -0.15) is 0 Å². The van der Waals surface area contributed by atoms with Crippen molar-refractivity contribution in [2.75, 3.05) is 24.3 Å². The largest absolute Gasteiger partial charge is 1.00 e. The Balaban J connectivity index is 0.00000784. The van der Waals surface area contributed by atoms with Gasteiger partial charge in [0.1, 0.15) is 15.9 Å². The molecule has 0 aliphatic carbocycles. The van der Waals surface area contributed by atoms with Crippen LogP contribution < -0.4 is 34.5 Å². The van der Waals surface area contributed by atoms with Crippen molar-refractivity contribution in [1.82, 2.24) is 0 Å². The van der Waals surface area contributed by atoms with Gasteiger partial charge in [-0.3, -0.25) is 4.79 Å². The van der Waals surface area contributed by atoms with Crippen LogP contribution in [0.25, 0.3) is 0 Å². The second kappa shape index (κ2) is 9.76. The molecule has 0 heterocycles. The molecule has 0 saturated heterocycles. The predicted molar refractivity (Wildman–Crippen MR) is 83.9 cm³/mol. The smallest absolute Gasteiger partial charge is 0.748 e. The molecule has 0 saturated carbocycles. The average Bonchev–Trinajstić information content (AvgIpc) is 2.53. The normalized spacial score (nSPS) is 18.8. The fraction of sp³-hybridized carbons (Fsp3) is 0.533. The first-order chi connectivity index (χ1) is 12.5. The van der Waals surface area contributed by atoms with E-state index in [2.05, 4.69) is 4.74 Å². The molecular weight excluding hydrogens is 329 g/mol. The van der Waals surface area contributed by atoms with Gasteiger partial charge >= 0.3 is 29.6 Å². The van der Waals surface area contributed by atoms with E-state index in [-0.39, 0.29) is 46.6 Å². The van der Waals surface area contributed by atoms with Crippen LogP contribution in [0.1, 0.15) is 33.1 Å². The first-order valence-corrected chi connectivity index (χ1v) is 8.01. The Labute approximate surface area is 168 Å². The molecule has 0 radical (unpaired) electrons. The molecule has 1 unspecified atom stereocenters. The SMILES string of the molecule is [2H]C([2H])([2H])C([2H])(N(C(=O)CS(=O)(=O)[O-])c1c(C)cccc1CC)C([2H])([2H])OC.[Na+]. The van der Waals surface area contributed by atoms with Gasteiger partial charge in [0.2, 0.25) is 5.91 Å². The Kier molecular flexibility index (Phi) is 5.86. The maximum absolute atomic E-state index is 12.8. The topological polar surface area (TPSA) is 86.7 Å². The van der Waals surface area contributed by atoms with Crippen LogP contribution in [-0.4, -0.2) is 44.3 Å². The number of hydrogen-bond acceptors (Lipinski definition) is 5. The number of methoxy groups -OCH3 is 1. The van der Waals surface area contributed by atoms with Crippen LogP contribution in [0.15, 0.2) is 18.2 Å². The van der Waals surface area contributed by atoms with Gasteiger partial charge in [-0.05, 0) is 31.3 Å². The first kappa shape index (κ1) is 13.8. The number of para-hydroxylation sites is 1. The van der Waals surface area contributed by atoms with Crippen molar-refractivity contribution in [3.8, 4) is 0 Å². The van der Waals surface area contributed by atoms with Gasteiger partial charge in [0.05, 0.1) is 22.4 Å². The third-order valence-electron chi connectivity index (χ3n) is 2.90. The fourth-order valence-electron chi connectivity index (χ4n) is 2.04. The van der Waals surface area contributed by atoms with E-state index >= 15 is 0 Å². The number of anilines is 1. The molecule has 1 rings (SSSR count). The minimum Gasteiger partial charge on any atom is -0.748 e. The zero-order valence-electron chi connectivity index (χ0n) is 19.5. The number of benzene rings is 1. The van der Waals surface area contributed by atoms with Gasteiger partial charge in [0.25, 0.3) is 0 Å². The molecule has 8 heteroatoms. The summed E-state index contributed by atoms with van der Waals surface area (Å²) in [7, 11) is -4.32. The molecule has 0 bridgehead atoms. The summed E-state index contributed by atoms with van der Waals surface area (Å²) in [6.45, 7) is -3.55. The van der Waals surface area contributed by atoms with Crippen LogP contribution >= 0.6 is 0 Å². The van der Waals surface area contributed by atoms with Crippen LogP contribution in [0.2, 0.25) is 0 Å². The van der Waals surface area contributed by atoms with E-state index in [1.165, 1.54) is 19.1 Å². The average molecular weight is 357 g/mol. The fourth-order valence-corrected chi connectivity index (χ4v) is 2.48. The van der Waals surface area contributed by atoms with Crippen molar-refractivity contribution >= 4 is 21.7 Å². The molecular formula is C15H22NNaO5S. The van der Waals surface area contributed by atoms with E-state index in [4.69, 9.17) is 8.22 Å². The Hall–Kier alpha value is -0.440. The Morgan fingerprint density at radius 1 is 1.57 bits per heavy atom. The molecule has 0 aromatic heterocycles. The molecule has 6 nitrogen and oxygen atoms in total. The summed E-state index contributed by atoms with van der Waals surface area (Å²) in [5, 5.41) is 0. The summed E-state index contributed by atoms with van der Waals surface area (Å²) in [6.07, 6.45) is 0.262. The third kappa shape index (κ3) is 6.52. The van der Waals surface area contributed by atoms with Gasteiger partial charge in [-0.25, -0.2) is 8.42 Å². The van der Waals surface area contributed by atoms with Gasteiger partial charge < -0.3 is 14.2 Å². The van der Waals surface area contributed by atoms with E-state index < -0.39 is 41.2 Å². The maximum Gasteiger partial charge on any atom is 1.00 e. The van der Waals surface area contributed by atoms with E-state index in [9.17, 15) is 17.8 Å². The summed E-state index contributed by atoms with van der Waals surface area (Å²) in [5.74, 6) is -3.17. The van der Waals surface area contributed by atoms with E-state index in [0.717, 1.165) is 7.11 Å². The maximum atomic E-state index is 12.8. The molecule has 23 heavy (non-hydrogen) atoms. The number of amides is 1. The zero-order valence-corrected chi connectivity index (χ0v) is 16.4. The number of ether oxygens (including phenoxy) is 1. The molecule has 1 amide bonds. The van der Waals surface area contributed by atoms with Crippen LogP contribution in [0.4, 0.5) is 5.69 Å². The molecule has 0 aliphatic rings. The molecule has 1 aromatic rings. The van der Waals surface area contributed by atoms with Crippen LogP contribution in [0, 0.1) is 6.92 Å². The summed E-state index contributed by atoms with van der Waals surface area (Å²) in [4.78, 5) is 13.0. The van der Waals surface area contributed by atoms with Gasteiger partial charge in [0.15, 0.2) is 0 Å². The number of aryl methyl sites for hydroxylation is 2. The van der Waals surface area contributed by atoms with Gasteiger partial charge in [-0.15, -0.1) is 0 Å². The molecule has 0 aliphatic heterocycles. The molecule has 0 spiro atoms. The van der Waals surface area contributed by atoms with Crippen LogP contribution in [0.5, 0.6) is 0 Å². The minimum atomic E-state index is -5.14. The summed E-state index contributed by atoms with van der Waals surface area (Å²) in [6, 6.07) is 1.24. The molecule has 124 valence electrons. The number of rotatable bonds is 7. The number of hydrogen-bond donors (Lipinski definition) is 0. The summed E-state index contributed by atoms with van der Waals surface area (Å²) >= 11 is 0. The van der Waals surface area contributed by atoms with Crippen molar-refractivity contribution in [3.05, 3.63) is 29.3 Å². The molecule has 1 atom stereocenters. The van der Waals surface area contributed by atoms with Crippen molar-refractivity contribution < 1.29 is 60.3 Å². The Morgan fingerprint density at radius 3 is 2.70 bits per heavy atom. The minimum absolute atomic E-state index is 0. The number of carbonyl (C=O) groups is 1. The Morgan fingerprint density at radius 2 is 2.22 bits per heavy atom.